The van der Waals surface area contributed by atoms with E-state index >= 15 is 0 Å². The predicted molar refractivity (Wildman–Crippen MR) is 63.6 cm³/mol. The Kier molecular flexibility index (Phi) is 4.76. The van der Waals surface area contributed by atoms with E-state index in [4.69, 9.17) is 4.74 Å². The molecule has 1 amide bonds. The lowest BCUT2D eigenvalue weighted by molar-refractivity contribution is -0.126. The van der Waals surface area contributed by atoms with Gasteiger partial charge in [-0.25, -0.2) is 0 Å². The van der Waals surface area contributed by atoms with Crippen LogP contribution in [0.5, 0.6) is 0 Å². The molecule has 0 aromatic heterocycles. The third-order valence-electron chi connectivity index (χ3n) is 3.65. The summed E-state index contributed by atoms with van der Waals surface area (Å²) in [6, 6.07) is -0.232. The summed E-state index contributed by atoms with van der Waals surface area (Å²) in [6.45, 7) is 2.42. The molecule has 2 rings (SSSR count). The number of hydrogen-bond acceptors (Lipinski definition) is 4. The van der Waals surface area contributed by atoms with Crippen LogP contribution < -0.4 is 10.6 Å². The van der Waals surface area contributed by atoms with Gasteiger partial charge in [-0.15, -0.1) is 0 Å². The topological polar surface area (TPSA) is 70.6 Å². The van der Waals surface area contributed by atoms with Gasteiger partial charge >= 0.3 is 0 Å². The van der Waals surface area contributed by atoms with E-state index in [2.05, 4.69) is 10.6 Å². The van der Waals surface area contributed by atoms with E-state index in [0.717, 1.165) is 32.2 Å². The molecular formula is C12H22N2O3. The fraction of sp³-hybridized carbons (Fsp3) is 0.917. The Morgan fingerprint density at radius 2 is 2.24 bits per heavy atom. The Bertz CT molecular complexity index is 254. The maximum atomic E-state index is 11.8. The average molecular weight is 242 g/mol. The summed E-state index contributed by atoms with van der Waals surface area (Å²) in [7, 11) is 0. The summed E-state index contributed by atoms with van der Waals surface area (Å²) in [4.78, 5) is 11.8. The number of aliphatic hydroxyl groups excluding tert-OH is 1. The van der Waals surface area contributed by atoms with Crippen molar-refractivity contribution in [2.75, 3.05) is 26.3 Å². The minimum absolute atomic E-state index is 0.0116. The lowest BCUT2D eigenvalue weighted by Crippen LogP contribution is -2.52. The van der Waals surface area contributed by atoms with E-state index in [9.17, 15) is 9.90 Å². The number of ether oxygens (including phenoxy) is 1. The highest BCUT2D eigenvalue weighted by molar-refractivity contribution is 5.81. The molecule has 98 valence electrons. The minimum atomic E-state index is -0.250. The quantitative estimate of drug-likeness (QED) is 0.632. The Hall–Kier alpha value is -0.650. The first-order valence-corrected chi connectivity index (χ1v) is 6.54. The van der Waals surface area contributed by atoms with Crippen molar-refractivity contribution in [2.45, 2.75) is 37.8 Å². The van der Waals surface area contributed by atoms with Gasteiger partial charge in [0.2, 0.25) is 5.91 Å². The molecule has 1 saturated heterocycles. The van der Waals surface area contributed by atoms with Crippen molar-refractivity contribution in [3.63, 3.8) is 0 Å². The maximum Gasteiger partial charge on any atom is 0.239 e. The van der Waals surface area contributed by atoms with E-state index in [1.54, 1.807) is 0 Å². The van der Waals surface area contributed by atoms with Crippen molar-refractivity contribution >= 4 is 5.91 Å². The molecule has 0 radical (unpaired) electrons. The number of aliphatic hydroxyl groups is 1. The minimum Gasteiger partial charge on any atom is -0.393 e. The van der Waals surface area contributed by atoms with Gasteiger partial charge in [0, 0.05) is 19.0 Å². The molecule has 2 aliphatic rings. The first-order valence-electron chi connectivity index (χ1n) is 6.54. The first kappa shape index (κ1) is 12.8. The lowest BCUT2D eigenvalue weighted by atomic mass is 9.86. The Labute approximate surface area is 102 Å². The second kappa shape index (κ2) is 6.33. The molecule has 1 aliphatic carbocycles. The van der Waals surface area contributed by atoms with Crippen molar-refractivity contribution in [3.8, 4) is 0 Å². The van der Waals surface area contributed by atoms with Crippen molar-refractivity contribution in [1.29, 1.82) is 0 Å². The van der Waals surface area contributed by atoms with Gasteiger partial charge in [0.05, 0.1) is 19.3 Å². The Morgan fingerprint density at radius 3 is 2.94 bits per heavy atom. The molecule has 5 nitrogen and oxygen atoms in total. The zero-order chi connectivity index (χ0) is 12.1. The summed E-state index contributed by atoms with van der Waals surface area (Å²) in [6.07, 6.45) is 3.88. The van der Waals surface area contributed by atoms with Crippen LogP contribution in [0.2, 0.25) is 0 Å². The molecule has 5 heteroatoms. The van der Waals surface area contributed by atoms with Gasteiger partial charge in [0.15, 0.2) is 0 Å². The molecule has 1 aliphatic heterocycles. The van der Waals surface area contributed by atoms with Crippen LogP contribution in [0.1, 0.15) is 25.7 Å². The van der Waals surface area contributed by atoms with Crippen LogP contribution in [0.15, 0.2) is 0 Å². The van der Waals surface area contributed by atoms with Crippen molar-refractivity contribution in [3.05, 3.63) is 0 Å². The lowest BCUT2D eigenvalue weighted by Gasteiger charge is -2.29. The van der Waals surface area contributed by atoms with Crippen LogP contribution >= 0.6 is 0 Å². The number of nitrogens with one attached hydrogen (secondary N) is 2. The number of morpholine rings is 1. The van der Waals surface area contributed by atoms with Gasteiger partial charge in [-0.1, -0.05) is 12.8 Å². The Balaban J connectivity index is 1.71. The molecule has 0 bridgehead atoms. The number of rotatable bonds is 3. The van der Waals surface area contributed by atoms with E-state index in [1.165, 1.54) is 0 Å². The molecule has 0 unspecified atom stereocenters. The van der Waals surface area contributed by atoms with Crippen molar-refractivity contribution in [2.24, 2.45) is 5.92 Å². The van der Waals surface area contributed by atoms with E-state index in [0.29, 0.717) is 19.8 Å². The third-order valence-corrected chi connectivity index (χ3v) is 3.65. The molecule has 3 atom stereocenters. The van der Waals surface area contributed by atoms with Crippen LogP contribution in [0.3, 0.4) is 0 Å². The molecule has 0 spiro atoms. The first-order chi connectivity index (χ1) is 8.27. The van der Waals surface area contributed by atoms with Gasteiger partial charge in [0.1, 0.15) is 6.04 Å². The van der Waals surface area contributed by atoms with Gasteiger partial charge in [-0.05, 0) is 12.8 Å². The van der Waals surface area contributed by atoms with Gasteiger partial charge in [-0.3, -0.25) is 4.79 Å². The number of amides is 1. The molecule has 17 heavy (non-hydrogen) atoms. The molecule has 1 saturated carbocycles. The van der Waals surface area contributed by atoms with Crippen LogP contribution in [-0.2, 0) is 9.53 Å². The average Bonchev–Trinajstić information content (AvgIpc) is 2.38. The van der Waals surface area contributed by atoms with Crippen LogP contribution in [0, 0.1) is 5.92 Å². The molecule has 3 N–H and O–H groups in total. The molecule has 0 aromatic carbocycles. The van der Waals surface area contributed by atoms with E-state index < -0.39 is 0 Å². The number of hydrogen-bond donors (Lipinski definition) is 3. The summed E-state index contributed by atoms with van der Waals surface area (Å²) in [5.41, 5.74) is 0. The fourth-order valence-corrected chi connectivity index (χ4v) is 2.51. The summed E-state index contributed by atoms with van der Waals surface area (Å²) in [5, 5.41) is 15.8. The summed E-state index contributed by atoms with van der Waals surface area (Å²) < 4.78 is 5.24. The maximum absolute atomic E-state index is 11.8. The van der Waals surface area contributed by atoms with Crippen molar-refractivity contribution < 1.29 is 14.6 Å². The van der Waals surface area contributed by atoms with Crippen molar-refractivity contribution in [1.82, 2.24) is 10.6 Å². The predicted octanol–water partition coefficient (Wildman–Crippen LogP) is -0.358. The number of carbonyl (C=O) groups excluding carboxylic acids is 1. The van der Waals surface area contributed by atoms with E-state index in [1.807, 2.05) is 0 Å². The molecule has 0 aromatic rings. The SMILES string of the molecule is O=C(NC[C@@H]1CCCC[C@@H]1O)[C@@H]1COCCN1. The van der Waals surface area contributed by atoms with Gasteiger partial charge in [0.25, 0.3) is 0 Å². The van der Waals surface area contributed by atoms with Crippen LogP contribution in [0.25, 0.3) is 0 Å². The Morgan fingerprint density at radius 1 is 1.41 bits per heavy atom. The molecular weight excluding hydrogens is 220 g/mol. The zero-order valence-electron chi connectivity index (χ0n) is 10.2. The highest BCUT2D eigenvalue weighted by Gasteiger charge is 2.25. The van der Waals surface area contributed by atoms with Crippen LogP contribution in [-0.4, -0.2) is 49.5 Å². The molecule has 2 fully saturated rings. The normalized spacial score (nSPS) is 34.3. The highest BCUT2D eigenvalue weighted by atomic mass is 16.5. The standard InChI is InChI=1S/C12H22N2O3/c15-11-4-2-1-3-9(11)7-14-12(16)10-8-17-6-5-13-10/h9-11,13,15H,1-8H2,(H,14,16)/t9-,10-,11-/m0/s1. The monoisotopic (exact) mass is 242 g/mol. The smallest absolute Gasteiger partial charge is 0.239 e. The van der Waals surface area contributed by atoms with E-state index in [-0.39, 0.29) is 24.0 Å². The number of carbonyl (C=O) groups is 1. The van der Waals surface area contributed by atoms with Gasteiger partial charge < -0.3 is 20.5 Å². The molecule has 1 heterocycles. The van der Waals surface area contributed by atoms with Gasteiger partial charge in [-0.2, -0.15) is 0 Å². The fourth-order valence-electron chi connectivity index (χ4n) is 2.51. The van der Waals surface area contributed by atoms with Crippen LogP contribution in [0.4, 0.5) is 0 Å². The second-order valence-corrected chi connectivity index (χ2v) is 4.94. The second-order valence-electron chi connectivity index (χ2n) is 4.94. The third kappa shape index (κ3) is 3.66. The zero-order valence-corrected chi connectivity index (χ0v) is 10.2. The summed E-state index contributed by atoms with van der Waals surface area (Å²) >= 11 is 0. The summed E-state index contributed by atoms with van der Waals surface area (Å²) in [5.74, 6) is 0.208. The highest BCUT2D eigenvalue weighted by Crippen LogP contribution is 2.23. The largest absolute Gasteiger partial charge is 0.393 e.